The van der Waals surface area contributed by atoms with E-state index in [1.807, 2.05) is 0 Å². The molecule has 0 aliphatic heterocycles. The Kier molecular flexibility index (Phi) is 4.41. The summed E-state index contributed by atoms with van der Waals surface area (Å²) in [6.07, 6.45) is -2.88. The van der Waals surface area contributed by atoms with E-state index in [4.69, 9.17) is 5.11 Å². The second-order valence-corrected chi connectivity index (χ2v) is 6.95. The normalized spacial score (nSPS) is 18.2. The number of aliphatic carboxylic acids is 1. The first-order valence-electron chi connectivity index (χ1n) is 6.43. The average Bonchev–Trinajstić information content (AvgIpc) is 3.06. The minimum absolute atomic E-state index is 0.00571. The predicted molar refractivity (Wildman–Crippen MR) is 72.1 cm³/mol. The summed E-state index contributed by atoms with van der Waals surface area (Å²) in [6, 6.07) is 4.57. The zero-order chi connectivity index (χ0) is 15.7. The van der Waals surface area contributed by atoms with Crippen LogP contribution in [0.5, 0.6) is 0 Å². The molecule has 3 nitrogen and oxygen atoms in total. The van der Waals surface area contributed by atoms with Gasteiger partial charge in [-0.25, -0.2) is 0 Å². The largest absolute Gasteiger partial charge is 0.481 e. The molecule has 0 amide bonds. The van der Waals surface area contributed by atoms with Crippen LogP contribution in [0.15, 0.2) is 24.3 Å². The van der Waals surface area contributed by atoms with Crippen molar-refractivity contribution in [1.82, 2.24) is 0 Å². The van der Waals surface area contributed by atoms with Gasteiger partial charge in [-0.15, -0.1) is 0 Å². The van der Waals surface area contributed by atoms with Gasteiger partial charge in [-0.05, 0) is 36.0 Å². The summed E-state index contributed by atoms with van der Waals surface area (Å²) in [5.74, 6) is -0.459. The standard InChI is InChI=1S/C14H15F3O3S/c15-14(16,17)11-3-1-10(2-4-11)8-21(20)9-13(5-6-13)7-12(18)19/h1-4H,5-9H2,(H,18,19). The maximum atomic E-state index is 12.4. The average molecular weight is 320 g/mol. The molecule has 0 heterocycles. The summed E-state index contributed by atoms with van der Waals surface area (Å²) in [5, 5.41) is 8.79. The molecule has 1 aromatic rings. The minimum atomic E-state index is -4.38. The van der Waals surface area contributed by atoms with E-state index in [-0.39, 0.29) is 17.6 Å². The number of carbonyl (C=O) groups is 1. The molecule has 0 radical (unpaired) electrons. The van der Waals surface area contributed by atoms with E-state index in [1.54, 1.807) is 0 Å². The first-order chi connectivity index (χ1) is 9.70. The van der Waals surface area contributed by atoms with Crippen LogP contribution < -0.4 is 0 Å². The highest BCUT2D eigenvalue weighted by atomic mass is 32.2. The van der Waals surface area contributed by atoms with Crippen molar-refractivity contribution >= 4 is 16.8 Å². The number of halogens is 3. The molecule has 1 atom stereocenters. The molecule has 2 rings (SSSR count). The topological polar surface area (TPSA) is 54.4 Å². The minimum Gasteiger partial charge on any atom is -0.481 e. The fourth-order valence-corrected chi connectivity index (χ4v) is 3.98. The summed E-state index contributed by atoms with van der Waals surface area (Å²) in [5.41, 5.74) is -0.545. The van der Waals surface area contributed by atoms with Gasteiger partial charge in [0.05, 0.1) is 12.0 Å². The molecule has 116 valence electrons. The highest BCUT2D eigenvalue weighted by molar-refractivity contribution is 7.84. The van der Waals surface area contributed by atoms with Crippen molar-refractivity contribution in [2.75, 3.05) is 5.75 Å². The third kappa shape index (κ3) is 4.56. The lowest BCUT2D eigenvalue weighted by molar-refractivity contribution is -0.138. The van der Waals surface area contributed by atoms with Gasteiger partial charge < -0.3 is 5.11 Å². The molecule has 1 aliphatic rings. The van der Waals surface area contributed by atoms with Gasteiger partial charge in [-0.3, -0.25) is 9.00 Å². The van der Waals surface area contributed by atoms with E-state index in [0.717, 1.165) is 25.0 Å². The first kappa shape index (κ1) is 16.0. The summed E-state index contributed by atoms with van der Waals surface area (Å²) in [6.45, 7) is 0. The number of carboxylic acids is 1. The third-order valence-corrected chi connectivity index (χ3v) is 5.15. The van der Waals surface area contributed by atoms with E-state index >= 15 is 0 Å². The molecule has 1 saturated carbocycles. The Bertz CT molecular complexity index is 548. The number of hydrogen-bond donors (Lipinski definition) is 1. The van der Waals surface area contributed by atoms with Gasteiger partial charge in [0.2, 0.25) is 0 Å². The van der Waals surface area contributed by atoms with E-state index in [0.29, 0.717) is 11.3 Å². The van der Waals surface area contributed by atoms with Gasteiger partial charge in [0.1, 0.15) is 0 Å². The van der Waals surface area contributed by atoms with Crippen molar-refractivity contribution in [2.24, 2.45) is 5.41 Å². The lowest BCUT2D eigenvalue weighted by atomic mass is 10.1. The summed E-state index contributed by atoms with van der Waals surface area (Å²) < 4.78 is 49.3. The van der Waals surface area contributed by atoms with E-state index in [1.165, 1.54) is 12.1 Å². The van der Waals surface area contributed by atoms with Gasteiger partial charge in [-0.2, -0.15) is 13.2 Å². The molecule has 0 spiro atoms. The van der Waals surface area contributed by atoms with Gasteiger partial charge >= 0.3 is 12.1 Å². The van der Waals surface area contributed by atoms with Crippen molar-refractivity contribution < 1.29 is 27.3 Å². The molecule has 1 unspecified atom stereocenters. The SMILES string of the molecule is O=C(O)CC1(CS(=O)Cc2ccc(C(F)(F)F)cc2)CC1. The van der Waals surface area contributed by atoms with Crippen molar-refractivity contribution in [3.05, 3.63) is 35.4 Å². The van der Waals surface area contributed by atoms with E-state index in [9.17, 15) is 22.2 Å². The zero-order valence-electron chi connectivity index (χ0n) is 11.2. The van der Waals surface area contributed by atoms with Crippen LogP contribution >= 0.6 is 0 Å². The smallest absolute Gasteiger partial charge is 0.416 e. The quantitative estimate of drug-likeness (QED) is 0.875. The molecule has 7 heteroatoms. The van der Waals surface area contributed by atoms with Crippen LogP contribution in [0.1, 0.15) is 30.4 Å². The lowest BCUT2D eigenvalue weighted by Gasteiger charge is -2.12. The second-order valence-electron chi connectivity index (χ2n) is 5.49. The van der Waals surface area contributed by atoms with E-state index < -0.39 is 28.5 Å². The maximum Gasteiger partial charge on any atom is 0.416 e. The molecule has 1 fully saturated rings. The molecular formula is C14H15F3O3S. The van der Waals surface area contributed by atoms with Crippen LogP contribution in [-0.4, -0.2) is 21.0 Å². The van der Waals surface area contributed by atoms with E-state index in [2.05, 4.69) is 0 Å². The fraction of sp³-hybridized carbons (Fsp3) is 0.500. The van der Waals surface area contributed by atoms with Crippen LogP contribution in [0.3, 0.4) is 0 Å². The first-order valence-corrected chi connectivity index (χ1v) is 7.92. The fourth-order valence-electron chi connectivity index (χ4n) is 2.24. The predicted octanol–water partition coefficient (Wildman–Crippen LogP) is 3.21. The molecule has 0 aromatic heterocycles. The summed E-state index contributed by atoms with van der Waals surface area (Å²) in [4.78, 5) is 10.7. The monoisotopic (exact) mass is 320 g/mol. The molecule has 1 N–H and O–H groups in total. The Morgan fingerprint density at radius 2 is 1.81 bits per heavy atom. The molecule has 0 saturated heterocycles. The van der Waals surface area contributed by atoms with Gasteiger partial charge in [-0.1, -0.05) is 12.1 Å². The van der Waals surface area contributed by atoms with Crippen molar-refractivity contribution in [2.45, 2.75) is 31.2 Å². The molecule has 1 aromatic carbocycles. The zero-order valence-corrected chi connectivity index (χ0v) is 12.0. The van der Waals surface area contributed by atoms with Crippen LogP contribution in [0.25, 0.3) is 0 Å². The van der Waals surface area contributed by atoms with Gasteiger partial charge in [0, 0.05) is 22.3 Å². The lowest BCUT2D eigenvalue weighted by Crippen LogP contribution is -2.17. The number of rotatable bonds is 6. The number of benzene rings is 1. The van der Waals surface area contributed by atoms with Gasteiger partial charge in [0.25, 0.3) is 0 Å². The molecule has 0 bridgehead atoms. The van der Waals surface area contributed by atoms with Crippen LogP contribution in [-0.2, 0) is 27.5 Å². The molecule has 1 aliphatic carbocycles. The Morgan fingerprint density at radius 1 is 1.24 bits per heavy atom. The number of hydrogen-bond acceptors (Lipinski definition) is 2. The van der Waals surface area contributed by atoms with Crippen molar-refractivity contribution in [1.29, 1.82) is 0 Å². The van der Waals surface area contributed by atoms with Gasteiger partial charge in [0.15, 0.2) is 0 Å². The third-order valence-electron chi connectivity index (χ3n) is 3.56. The Hall–Kier alpha value is -1.37. The number of carboxylic acid groups (broad SMARTS) is 1. The molecule has 21 heavy (non-hydrogen) atoms. The second kappa shape index (κ2) is 5.79. The van der Waals surface area contributed by atoms with Crippen LogP contribution in [0.2, 0.25) is 0 Å². The molecular weight excluding hydrogens is 305 g/mol. The Labute approximate surface area is 122 Å². The van der Waals surface area contributed by atoms with Crippen LogP contribution in [0.4, 0.5) is 13.2 Å². The Balaban J connectivity index is 1.93. The summed E-state index contributed by atoms with van der Waals surface area (Å²) >= 11 is 0. The maximum absolute atomic E-state index is 12.4. The van der Waals surface area contributed by atoms with Crippen molar-refractivity contribution in [3.8, 4) is 0 Å². The summed E-state index contributed by atoms with van der Waals surface area (Å²) in [7, 11) is -1.27. The van der Waals surface area contributed by atoms with Crippen molar-refractivity contribution in [3.63, 3.8) is 0 Å². The number of alkyl halides is 3. The highest BCUT2D eigenvalue weighted by Crippen LogP contribution is 2.49. The highest BCUT2D eigenvalue weighted by Gasteiger charge is 2.45. The Morgan fingerprint density at radius 3 is 2.24 bits per heavy atom. The van der Waals surface area contributed by atoms with Crippen LogP contribution in [0, 0.1) is 5.41 Å².